The van der Waals surface area contributed by atoms with Crippen LogP contribution in [0, 0.1) is 19.7 Å². The van der Waals surface area contributed by atoms with E-state index in [9.17, 15) is 4.39 Å². The molecule has 0 saturated heterocycles. The molecular formula is C15H13FN4. The zero-order chi connectivity index (χ0) is 14.1. The first-order valence-corrected chi connectivity index (χ1v) is 6.27. The van der Waals surface area contributed by atoms with Gasteiger partial charge < -0.3 is 0 Å². The Kier molecular flexibility index (Phi) is 3.02. The molecule has 0 radical (unpaired) electrons. The lowest BCUT2D eigenvalue weighted by Crippen LogP contribution is -1.88. The van der Waals surface area contributed by atoms with Gasteiger partial charge in [0, 0.05) is 11.8 Å². The molecule has 2 heterocycles. The number of rotatable bonds is 2. The van der Waals surface area contributed by atoms with Gasteiger partial charge in [-0.1, -0.05) is 12.1 Å². The molecule has 5 heteroatoms. The fourth-order valence-electron chi connectivity index (χ4n) is 2.11. The van der Waals surface area contributed by atoms with E-state index in [1.807, 2.05) is 36.4 Å². The maximum absolute atomic E-state index is 13.1. The number of hydrogen-bond acceptors (Lipinski definition) is 3. The van der Waals surface area contributed by atoms with E-state index in [0.29, 0.717) is 11.5 Å². The van der Waals surface area contributed by atoms with Crippen LogP contribution >= 0.6 is 0 Å². The van der Waals surface area contributed by atoms with E-state index >= 15 is 0 Å². The van der Waals surface area contributed by atoms with Crippen molar-refractivity contribution in [2.75, 3.05) is 0 Å². The SMILES string of the molecule is Cc1nc2cccc(C)n2c1N=Nc1cccc(F)c1. The number of nitrogens with zero attached hydrogens (tertiary/aromatic N) is 4. The molecule has 0 unspecified atom stereocenters. The van der Waals surface area contributed by atoms with Gasteiger partial charge >= 0.3 is 0 Å². The van der Waals surface area contributed by atoms with E-state index in [0.717, 1.165) is 17.0 Å². The van der Waals surface area contributed by atoms with Crippen LogP contribution in [0.3, 0.4) is 0 Å². The Morgan fingerprint density at radius 1 is 1.05 bits per heavy atom. The molecule has 0 spiro atoms. The second-order valence-corrected chi connectivity index (χ2v) is 4.56. The van der Waals surface area contributed by atoms with Gasteiger partial charge in [-0.3, -0.25) is 4.40 Å². The molecule has 3 rings (SSSR count). The first kappa shape index (κ1) is 12.5. The van der Waals surface area contributed by atoms with Gasteiger partial charge in [-0.15, -0.1) is 10.2 Å². The average molecular weight is 268 g/mol. The van der Waals surface area contributed by atoms with Gasteiger partial charge in [-0.05, 0) is 38.1 Å². The molecule has 3 aromatic rings. The molecule has 100 valence electrons. The van der Waals surface area contributed by atoms with Gasteiger partial charge in [0.1, 0.15) is 11.5 Å². The van der Waals surface area contributed by atoms with E-state index in [1.54, 1.807) is 12.1 Å². The van der Waals surface area contributed by atoms with Gasteiger partial charge in [0.25, 0.3) is 0 Å². The molecular weight excluding hydrogens is 255 g/mol. The summed E-state index contributed by atoms with van der Waals surface area (Å²) in [6.07, 6.45) is 0. The summed E-state index contributed by atoms with van der Waals surface area (Å²) in [6.45, 7) is 3.86. The summed E-state index contributed by atoms with van der Waals surface area (Å²) in [5.74, 6) is 0.342. The lowest BCUT2D eigenvalue weighted by molar-refractivity contribution is 0.628. The molecule has 0 aliphatic carbocycles. The third-order valence-corrected chi connectivity index (χ3v) is 3.05. The third-order valence-electron chi connectivity index (χ3n) is 3.05. The third kappa shape index (κ3) is 2.18. The molecule has 0 aliphatic heterocycles. The predicted molar refractivity (Wildman–Crippen MR) is 75.2 cm³/mol. The van der Waals surface area contributed by atoms with Gasteiger partial charge in [0.15, 0.2) is 5.82 Å². The van der Waals surface area contributed by atoms with Crippen molar-refractivity contribution in [3.05, 3.63) is 59.7 Å². The molecule has 0 aliphatic rings. The molecule has 1 aromatic carbocycles. The van der Waals surface area contributed by atoms with Crippen LogP contribution in [0.1, 0.15) is 11.4 Å². The van der Waals surface area contributed by atoms with Crippen LogP contribution in [-0.4, -0.2) is 9.38 Å². The molecule has 0 atom stereocenters. The molecule has 2 aromatic heterocycles. The Morgan fingerprint density at radius 3 is 2.65 bits per heavy atom. The van der Waals surface area contributed by atoms with Crippen LogP contribution in [0.2, 0.25) is 0 Å². The van der Waals surface area contributed by atoms with E-state index in [-0.39, 0.29) is 5.82 Å². The maximum Gasteiger partial charge on any atom is 0.182 e. The smallest absolute Gasteiger partial charge is 0.182 e. The minimum atomic E-state index is -0.326. The van der Waals surface area contributed by atoms with Crippen molar-refractivity contribution in [2.45, 2.75) is 13.8 Å². The first-order valence-electron chi connectivity index (χ1n) is 6.27. The molecule has 20 heavy (non-hydrogen) atoms. The van der Waals surface area contributed by atoms with Crippen LogP contribution in [0.5, 0.6) is 0 Å². The van der Waals surface area contributed by atoms with Gasteiger partial charge in [0.05, 0.1) is 11.4 Å². The highest BCUT2D eigenvalue weighted by Crippen LogP contribution is 2.25. The van der Waals surface area contributed by atoms with Crippen LogP contribution in [0.15, 0.2) is 52.7 Å². The van der Waals surface area contributed by atoms with Crippen LogP contribution in [0.25, 0.3) is 5.65 Å². The Morgan fingerprint density at radius 2 is 1.85 bits per heavy atom. The Hall–Kier alpha value is -2.56. The molecule has 0 saturated carbocycles. The normalized spacial score (nSPS) is 11.6. The zero-order valence-electron chi connectivity index (χ0n) is 11.2. The number of halogens is 1. The summed E-state index contributed by atoms with van der Waals surface area (Å²) in [5, 5.41) is 8.31. The summed E-state index contributed by atoms with van der Waals surface area (Å²) in [4.78, 5) is 4.44. The average Bonchev–Trinajstić information content (AvgIpc) is 2.74. The Balaban J connectivity index is 2.09. The molecule has 0 bridgehead atoms. The standard InChI is InChI=1S/C15H13FN4/c1-10-5-3-8-14-17-11(2)15(20(10)14)19-18-13-7-4-6-12(16)9-13/h3-9H,1-2H3. The van der Waals surface area contributed by atoms with Crippen molar-refractivity contribution >= 4 is 17.2 Å². The van der Waals surface area contributed by atoms with Crippen molar-refractivity contribution in [1.82, 2.24) is 9.38 Å². The van der Waals surface area contributed by atoms with Crippen LogP contribution in [-0.2, 0) is 0 Å². The zero-order valence-corrected chi connectivity index (χ0v) is 11.2. The molecule has 0 N–H and O–H groups in total. The fraction of sp³-hybridized carbons (Fsp3) is 0.133. The molecule has 0 fully saturated rings. The van der Waals surface area contributed by atoms with Crippen molar-refractivity contribution in [2.24, 2.45) is 10.2 Å². The second-order valence-electron chi connectivity index (χ2n) is 4.56. The quantitative estimate of drug-likeness (QED) is 0.631. The number of imidazole rings is 1. The largest absolute Gasteiger partial charge is 0.280 e. The summed E-state index contributed by atoms with van der Waals surface area (Å²) < 4.78 is 15.0. The summed E-state index contributed by atoms with van der Waals surface area (Å²) in [6, 6.07) is 11.9. The van der Waals surface area contributed by atoms with E-state index in [1.165, 1.54) is 12.1 Å². The van der Waals surface area contributed by atoms with Crippen molar-refractivity contribution in [1.29, 1.82) is 0 Å². The minimum Gasteiger partial charge on any atom is -0.280 e. The van der Waals surface area contributed by atoms with Gasteiger partial charge in [0.2, 0.25) is 0 Å². The lowest BCUT2D eigenvalue weighted by atomic mass is 10.3. The lowest BCUT2D eigenvalue weighted by Gasteiger charge is -2.00. The highest BCUT2D eigenvalue weighted by atomic mass is 19.1. The Bertz CT molecular complexity index is 805. The summed E-state index contributed by atoms with van der Waals surface area (Å²) in [7, 11) is 0. The number of hydrogen-bond donors (Lipinski definition) is 0. The van der Waals surface area contributed by atoms with Crippen molar-refractivity contribution < 1.29 is 4.39 Å². The maximum atomic E-state index is 13.1. The van der Waals surface area contributed by atoms with E-state index in [4.69, 9.17) is 0 Å². The summed E-state index contributed by atoms with van der Waals surface area (Å²) >= 11 is 0. The number of aromatic nitrogens is 2. The number of fused-ring (bicyclic) bond motifs is 1. The number of benzene rings is 1. The first-order chi connectivity index (χ1) is 9.65. The fourth-order valence-corrected chi connectivity index (χ4v) is 2.11. The van der Waals surface area contributed by atoms with Crippen LogP contribution < -0.4 is 0 Å². The second kappa shape index (κ2) is 4.85. The highest BCUT2D eigenvalue weighted by Gasteiger charge is 2.09. The predicted octanol–water partition coefficient (Wildman–Crippen LogP) is 4.51. The minimum absolute atomic E-state index is 0.326. The van der Waals surface area contributed by atoms with Gasteiger partial charge in [-0.2, -0.15) is 0 Å². The topological polar surface area (TPSA) is 42.0 Å². The number of aryl methyl sites for hydroxylation is 2. The van der Waals surface area contributed by atoms with Gasteiger partial charge in [-0.25, -0.2) is 9.37 Å². The van der Waals surface area contributed by atoms with Crippen molar-refractivity contribution in [3.8, 4) is 0 Å². The molecule has 0 amide bonds. The Labute approximate surface area is 115 Å². The van der Waals surface area contributed by atoms with Crippen LogP contribution in [0.4, 0.5) is 15.9 Å². The van der Waals surface area contributed by atoms with E-state index in [2.05, 4.69) is 15.2 Å². The number of azo groups is 1. The summed E-state index contributed by atoms with van der Waals surface area (Å²) in [5.41, 5.74) is 3.12. The number of pyridine rings is 1. The van der Waals surface area contributed by atoms with Crippen molar-refractivity contribution in [3.63, 3.8) is 0 Å². The van der Waals surface area contributed by atoms with E-state index < -0.39 is 0 Å². The molecule has 4 nitrogen and oxygen atoms in total. The highest BCUT2D eigenvalue weighted by molar-refractivity contribution is 5.53. The monoisotopic (exact) mass is 268 g/mol.